The van der Waals surface area contributed by atoms with Gasteiger partial charge < -0.3 is 0 Å². The number of nitrogens with zero attached hydrogens (tertiary/aromatic N) is 4. The number of fused-ring (bicyclic) bond motifs is 1. The number of sulfone groups is 1. The molecule has 144 valence electrons. The van der Waals surface area contributed by atoms with E-state index >= 15 is 0 Å². The molecule has 0 amide bonds. The molecule has 0 aliphatic carbocycles. The summed E-state index contributed by atoms with van der Waals surface area (Å²) in [6.45, 7) is 2.06. The molecule has 0 unspecified atom stereocenters. The molecule has 0 N–H and O–H groups in total. The van der Waals surface area contributed by atoms with Crippen LogP contribution in [0.2, 0.25) is 0 Å². The van der Waals surface area contributed by atoms with E-state index in [1.165, 1.54) is 12.1 Å². The summed E-state index contributed by atoms with van der Waals surface area (Å²) in [5.74, 6) is -0.270. The molecular formula is C20H19FN4O2S. The Morgan fingerprint density at radius 2 is 1.89 bits per heavy atom. The van der Waals surface area contributed by atoms with Gasteiger partial charge in [-0.2, -0.15) is 0 Å². The van der Waals surface area contributed by atoms with Crippen LogP contribution in [-0.4, -0.2) is 41.1 Å². The van der Waals surface area contributed by atoms with Crippen LogP contribution in [0.25, 0.3) is 11.3 Å². The lowest BCUT2D eigenvalue weighted by Crippen LogP contribution is -2.31. The summed E-state index contributed by atoms with van der Waals surface area (Å²) in [7, 11) is -3.40. The first kappa shape index (κ1) is 18.6. The quantitative estimate of drug-likeness (QED) is 0.629. The molecule has 0 saturated heterocycles. The van der Waals surface area contributed by atoms with Gasteiger partial charge in [0.1, 0.15) is 5.82 Å². The zero-order valence-corrected chi connectivity index (χ0v) is 16.2. The Morgan fingerprint density at radius 1 is 1.11 bits per heavy atom. The summed E-state index contributed by atoms with van der Waals surface area (Å²) in [6, 6.07) is 12.1. The van der Waals surface area contributed by atoms with Crippen LogP contribution < -0.4 is 0 Å². The zero-order chi connectivity index (χ0) is 19.7. The van der Waals surface area contributed by atoms with Crippen molar-refractivity contribution < 1.29 is 12.8 Å². The maximum Gasteiger partial charge on any atom is 0.246 e. The van der Waals surface area contributed by atoms with Gasteiger partial charge in [0, 0.05) is 49.6 Å². The molecule has 0 bridgehead atoms. The molecule has 4 rings (SSSR count). The summed E-state index contributed by atoms with van der Waals surface area (Å²) in [5, 5.41) is -0.117. The van der Waals surface area contributed by atoms with Gasteiger partial charge in [-0.25, -0.2) is 22.8 Å². The Morgan fingerprint density at radius 3 is 2.64 bits per heavy atom. The number of pyridine rings is 1. The topological polar surface area (TPSA) is 76.1 Å². The highest BCUT2D eigenvalue weighted by molar-refractivity contribution is 7.90. The molecule has 8 heteroatoms. The summed E-state index contributed by atoms with van der Waals surface area (Å²) in [5.41, 5.74) is 4.32. The van der Waals surface area contributed by atoms with Crippen molar-refractivity contribution in [2.75, 3.05) is 12.8 Å². The molecular weight excluding hydrogens is 379 g/mol. The van der Waals surface area contributed by atoms with Gasteiger partial charge in [0.25, 0.3) is 0 Å². The van der Waals surface area contributed by atoms with Gasteiger partial charge in [-0.05, 0) is 36.4 Å². The SMILES string of the molecule is CS(=O)(=O)c1ncc2c(n1)CCN(Cc1cccc(-c3ccc(F)cc3)n1)C2. The first-order valence-electron chi connectivity index (χ1n) is 8.87. The van der Waals surface area contributed by atoms with Crippen molar-refractivity contribution >= 4 is 9.84 Å². The van der Waals surface area contributed by atoms with Crippen molar-refractivity contribution in [2.24, 2.45) is 0 Å². The standard InChI is InChI=1S/C20H19FN4O2S/c1-28(26,27)20-22-11-15-12-25(10-9-19(15)24-20)13-17-3-2-4-18(23-17)14-5-7-16(21)8-6-14/h2-8,11H,9-10,12-13H2,1H3. The predicted molar refractivity (Wildman–Crippen MR) is 103 cm³/mol. The van der Waals surface area contributed by atoms with Crippen molar-refractivity contribution in [3.05, 3.63) is 71.4 Å². The maximum atomic E-state index is 13.1. The van der Waals surface area contributed by atoms with Crippen LogP contribution in [0.5, 0.6) is 0 Å². The fraction of sp³-hybridized carbons (Fsp3) is 0.250. The largest absolute Gasteiger partial charge is 0.293 e. The second-order valence-corrected chi connectivity index (χ2v) is 8.79. The summed E-state index contributed by atoms with van der Waals surface area (Å²) in [6.07, 6.45) is 3.38. The van der Waals surface area contributed by atoms with Crippen LogP contribution in [-0.2, 0) is 29.3 Å². The lowest BCUT2D eigenvalue weighted by Gasteiger charge is -2.27. The van der Waals surface area contributed by atoms with Gasteiger partial charge >= 0.3 is 0 Å². The van der Waals surface area contributed by atoms with Gasteiger partial charge in [-0.3, -0.25) is 9.88 Å². The van der Waals surface area contributed by atoms with E-state index < -0.39 is 9.84 Å². The third kappa shape index (κ3) is 4.07. The number of halogens is 1. The van der Waals surface area contributed by atoms with E-state index in [0.717, 1.165) is 41.0 Å². The normalized spacial score (nSPS) is 14.6. The molecule has 1 aliphatic rings. The van der Waals surface area contributed by atoms with E-state index in [9.17, 15) is 12.8 Å². The molecule has 3 aromatic rings. The Labute approximate surface area is 163 Å². The Kier molecular flexibility index (Phi) is 4.91. The Hall–Kier alpha value is -2.71. The van der Waals surface area contributed by atoms with Crippen molar-refractivity contribution in [1.82, 2.24) is 19.9 Å². The lowest BCUT2D eigenvalue weighted by molar-refractivity contribution is 0.239. The number of aromatic nitrogens is 3. The smallest absolute Gasteiger partial charge is 0.246 e. The number of hydrogen-bond acceptors (Lipinski definition) is 6. The molecule has 6 nitrogen and oxygen atoms in total. The second-order valence-electron chi connectivity index (χ2n) is 6.88. The minimum absolute atomic E-state index is 0.117. The van der Waals surface area contributed by atoms with Crippen LogP contribution in [0.1, 0.15) is 17.0 Å². The number of hydrogen-bond donors (Lipinski definition) is 0. The van der Waals surface area contributed by atoms with E-state index in [1.807, 2.05) is 18.2 Å². The van der Waals surface area contributed by atoms with Crippen LogP contribution >= 0.6 is 0 Å². The van der Waals surface area contributed by atoms with Crippen molar-refractivity contribution in [3.63, 3.8) is 0 Å². The van der Waals surface area contributed by atoms with E-state index in [-0.39, 0.29) is 11.0 Å². The third-order valence-electron chi connectivity index (χ3n) is 4.65. The van der Waals surface area contributed by atoms with Gasteiger partial charge in [-0.1, -0.05) is 6.07 Å². The first-order valence-corrected chi connectivity index (χ1v) is 10.8. The van der Waals surface area contributed by atoms with Crippen LogP contribution in [0.3, 0.4) is 0 Å². The van der Waals surface area contributed by atoms with Gasteiger partial charge in [0.2, 0.25) is 15.0 Å². The Balaban J connectivity index is 1.50. The molecule has 3 heterocycles. The van der Waals surface area contributed by atoms with Crippen molar-refractivity contribution in [1.29, 1.82) is 0 Å². The van der Waals surface area contributed by atoms with Crippen LogP contribution in [0, 0.1) is 5.82 Å². The first-order chi connectivity index (χ1) is 13.4. The average molecular weight is 398 g/mol. The predicted octanol–water partition coefficient (Wildman–Crippen LogP) is 2.64. The molecule has 0 saturated carbocycles. The maximum absolute atomic E-state index is 13.1. The molecule has 0 radical (unpaired) electrons. The zero-order valence-electron chi connectivity index (χ0n) is 15.3. The highest BCUT2D eigenvalue weighted by atomic mass is 32.2. The van der Waals surface area contributed by atoms with Crippen molar-refractivity contribution in [3.8, 4) is 11.3 Å². The summed E-state index contributed by atoms with van der Waals surface area (Å²) < 4.78 is 36.4. The molecule has 0 spiro atoms. The minimum Gasteiger partial charge on any atom is -0.293 e. The van der Waals surface area contributed by atoms with Gasteiger partial charge in [-0.15, -0.1) is 0 Å². The summed E-state index contributed by atoms with van der Waals surface area (Å²) in [4.78, 5) is 15.1. The molecule has 1 aromatic carbocycles. The Bertz CT molecular complexity index is 1120. The van der Waals surface area contributed by atoms with E-state index in [2.05, 4.69) is 14.9 Å². The lowest BCUT2D eigenvalue weighted by atomic mass is 10.1. The minimum atomic E-state index is -3.40. The second kappa shape index (κ2) is 7.37. The number of benzene rings is 1. The highest BCUT2D eigenvalue weighted by Gasteiger charge is 2.21. The molecule has 0 atom stereocenters. The molecule has 0 fully saturated rings. The van der Waals surface area contributed by atoms with E-state index in [4.69, 9.17) is 4.98 Å². The van der Waals surface area contributed by atoms with Crippen molar-refractivity contribution in [2.45, 2.75) is 24.7 Å². The number of rotatable bonds is 4. The third-order valence-corrected chi connectivity index (χ3v) is 5.51. The van der Waals surface area contributed by atoms with E-state index in [1.54, 1.807) is 18.3 Å². The van der Waals surface area contributed by atoms with Crippen LogP contribution in [0.15, 0.2) is 53.8 Å². The fourth-order valence-corrected chi connectivity index (χ4v) is 3.77. The highest BCUT2D eigenvalue weighted by Crippen LogP contribution is 2.21. The van der Waals surface area contributed by atoms with Gasteiger partial charge in [0.15, 0.2) is 0 Å². The van der Waals surface area contributed by atoms with Gasteiger partial charge in [0.05, 0.1) is 17.1 Å². The molecule has 28 heavy (non-hydrogen) atoms. The summed E-state index contributed by atoms with van der Waals surface area (Å²) >= 11 is 0. The van der Waals surface area contributed by atoms with Crippen LogP contribution in [0.4, 0.5) is 4.39 Å². The fourth-order valence-electron chi connectivity index (χ4n) is 3.25. The molecule has 2 aromatic heterocycles. The molecule has 1 aliphatic heterocycles. The average Bonchev–Trinajstić information content (AvgIpc) is 2.67. The monoisotopic (exact) mass is 398 g/mol. The van der Waals surface area contributed by atoms with E-state index in [0.29, 0.717) is 19.5 Å².